The van der Waals surface area contributed by atoms with Crippen molar-refractivity contribution in [3.63, 3.8) is 0 Å². The number of carboxylic acids is 1. The molecule has 0 spiro atoms. The summed E-state index contributed by atoms with van der Waals surface area (Å²) in [4.78, 5) is 18.5. The highest BCUT2D eigenvalue weighted by Gasteiger charge is 2.16. The molecule has 3 rings (SSSR count). The van der Waals surface area contributed by atoms with Crippen LogP contribution in [0.15, 0.2) is 48.8 Å². The first kappa shape index (κ1) is 13.3. The van der Waals surface area contributed by atoms with Crippen LogP contribution in [0.5, 0.6) is 0 Å². The van der Waals surface area contributed by atoms with E-state index >= 15 is 0 Å². The van der Waals surface area contributed by atoms with Crippen molar-refractivity contribution in [3.8, 4) is 11.3 Å². The first-order valence-corrected chi connectivity index (χ1v) is 6.65. The molecule has 2 heterocycles. The summed E-state index contributed by atoms with van der Waals surface area (Å²) in [7, 11) is 0. The van der Waals surface area contributed by atoms with Crippen LogP contribution in [0.2, 0.25) is 0 Å². The van der Waals surface area contributed by atoms with Crippen molar-refractivity contribution in [1.29, 1.82) is 0 Å². The molecule has 0 radical (unpaired) electrons. The molecule has 21 heavy (non-hydrogen) atoms. The van der Waals surface area contributed by atoms with Gasteiger partial charge in [0.2, 0.25) is 0 Å². The number of fused-ring (bicyclic) bond motifs is 1. The van der Waals surface area contributed by atoms with Crippen LogP contribution in [-0.2, 0) is 11.2 Å². The van der Waals surface area contributed by atoms with Gasteiger partial charge < -0.3 is 15.8 Å². The Kier molecular flexibility index (Phi) is 3.41. The molecule has 0 amide bonds. The molecular weight excluding hydrogens is 266 g/mol. The van der Waals surface area contributed by atoms with E-state index < -0.39 is 12.0 Å². The Morgan fingerprint density at radius 3 is 2.86 bits per heavy atom. The maximum absolute atomic E-state index is 10.9. The number of nitrogens with zero attached hydrogens (tertiary/aromatic N) is 1. The lowest BCUT2D eigenvalue weighted by Gasteiger charge is -2.06. The number of hydrogen-bond donors (Lipinski definition) is 3. The second-order valence-corrected chi connectivity index (χ2v) is 4.91. The number of carboxylic acid groups (broad SMARTS) is 1. The number of hydrogen-bond acceptors (Lipinski definition) is 3. The zero-order valence-electron chi connectivity index (χ0n) is 11.3. The summed E-state index contributed by atoms with van der Waals surface area (Å²) in [6.07, 6.45) is 3.86. The number of rotatable bonds is 4. The van der Waals surface area contributed by atoms with Crippen molar-refractivity contribution in [1.82, 2.24) is 9.97 Å². The minimum Gasteiger partial charge on any atom is -0.480 e. The Morgan fingerprint density at radius 2 is 2.14 bits per heavy atom. The predicted octanol–water partition coefficient (Wildman–Crippen LogP) is 2.18. The van der Waals surface area contributed by atoms with Crippen LogP contribution in [0, 0.1) is 0 Å². The van der Waals surface area contributed by atoms with Crippen molar-refractivity contribution >= 4 is 16.9 Å². The molecule has 5 nitrogen and oxygen atoms in total. The van der Waals surface area contributed by atoms with Gasteiger partial charge >= 0.3 is 5.97 Å². The minimum atomic E-state index is -0.995. The molecule has 0 unspecified atom stereocenters. The van der Waals surface area contributed by atoms with Crippen LogP contribution in [0.1, 0.15) is 5.56 Å². The van der Waals surface area contributed by atoms with E-state index in [4.69, 9.17) is 10.8 Å². The van der Waals surface area contributed by atoms with Crippen LogP contribution in [0.4, 0.5) is 0 Å². The third-order valence-electron chi connectivity index (χ3n) is 3.50. The van der Waals surface area contributed by atoms with E-state index in [0.717, 1.165) is 27.7 Å². The first-order chi connectivity index (χ1) is 10.2. The normalized spacial score (nSPS) is 12.4. The average Bonchev–Trinajstić information content (AvgIpc) is 2.91. The summed E-state index contributed by atoms with van der Waals surface area (Å²) >= 11 is 0. The van der Waals surface area contributed by atoms with E-state index in [0.29, 0.717) is 6.42 Å². The summed E-state index contributed by atoms with van der Waals surface area (Å²) < 4.78 is 0. The number of nitrogens with two attached hydrogens (primary N) is 1. The van der Waals surface area contributed by atoms with Crippen LogP contribution < -0.4 is 5.73 Å². The van der Waals surface area contributed by atoms with Gasteiger partial charge in [0.25, 0.3) is 0 Å². The van der Waals surface area contributed by atoms with E-state index in [1.165, 1.54) is 0 Å². The summed E-state index contributed by atoms with van der Waals surface area (Å²) in [6, 6.07) is 10.7. The van der Waals surface area contributed by atoms with Crippen molar-refractivity contribution in [2.24, 2.45) is 5.73 Å². The van der Waals surface area contributed by atoms with Gasteiger partial charge in [-0.25, -0.2) is 0 Å². The van der Waals surface area contributed by atoms with Crippen molar-refractivity contribution in [2.45, 2.75) is 12.5 Å². The topological polar surface area (TPSA) is 92.0 Å². The monoisotopic (exact) mass is 281 g/mol. The molecule has 0 aliphatic heterocycles. The molecule has 0 fully saturated rings. The van der Waals surface area contributed by atoms with Crippen LogP contribution in [0.3, 0.4) is 0 Å². The molecule has 0 saturated heterocycles. The van der Waals surface area contributed by atoms with Gasteiger partial charge in [0.05, 0.1) is 11.2 Å². The quantitative estimate of drug-likeness (QED) is 0.683. The lowest BCUT2D eigenvalue weighted by molar-refractivity contribution is -0.138. The van der Waals surface area contributed by atoms with E-state index in [1.54, 1.807) is 6.20 Å². The third kappa shape index (κ3) is 2.51. The number of aliphatic carboxylic acids is 1. The molecule has 106 valence electrons. The minimum absolute atomic E-state index is 0.293. The highest BCUT2D eigenvalue weighted by molar-refractivity contribution is 5.95. The average molecular weight is 281 g/mol. The standard InChI is InChI=1S/C16H15N3O2/c17-13(16(20)21)8-10-9-19-15-11(10)4-3-5-12(15)14-6-1-2-7-18-14/h1-7,9,13,19H,8,17H2,(H,20,21)/t13-/m0/s1. The number of benzene rings is 1. The summed E-state index contributed by atoms with van der Waals surface area (Å²) in [6.45, 7) is 0. The number of para-hydroxylation sites is 1. The van der Waals surface area contributed by atoms with Gasteiger partial charge in [-0.05, 0) is 17.7 Å². The Labute approximate surface area is 121 Å². The van der Waals surface area contributed by atoms with Gasteiger partial charge in [-0.1, -0.05) is 24.3 Å². The van der Waals surface area contributed by atoms with E-state index in [2.05, 4.69) is 9.97 Å². The fourth-order valence-electron chi connectivity index (χ4n) is 2.44. The Bertz CT molecular complexity index is 781. The third-order valence-corrected chi connectivity index (χ3v) is 3.50. The van der Waals surface area contributed by atoms with Crippen LogP contribution in [-0.4, -0.2) is 27.1 Å². The fraction of sp³-hybridized carbons (Fsp3) is 0.125. The molecule has 0 aliphatic carbocycles. The zero-order valence-corrected chi connectivity index (χ0v) is 11.3. The number of H-pyrrole nitrogens is 1. The summed E-state index contributed by atoms with van der Waals surface area (Å²) in [5.74, 6) is -0.995. The maximum Gasteiger partial charge on any atom is 0.320 e. The fourth-order valence-corrected chi connectivity index (χ4v) is 2.44. The van der Waals surface area contributed by atoms with Gasteiger partial charge in [-0.2, -0.15) is 0 Å². The number of carbonyl (C=O) groups is 1. The van der Waals surface area contributed by atoms with Gasteiger partial charge in [0.1, 0.15) is 6.04 Å². The van der Waals surface area contributed by atoms with Gasteiger partial charge in [0.15, 0.2) is 0 Å². The second-order valence-electron chi connectivity index (χ2n) is 4.91. The first-order valence-electron chi connectivity index (χ1n) is 6.65. The van der Waals surface area contributed by atoms with Gasteiger partial charge in [-0.3, -0.25) is 9.78 Å². The van der Waals surface area contributed by atoms with E-state index in [1.807, 2.05) is 42.6 Å². The van der Waals surface area contributed by atoms with E-state index in [9.17, 15) is 4.79 Å². The SMILES string of the molecule is N[C@@H](Cc1c[nH]c2c(-c3ccccn3)cccc12)C(=O)O. The number of aromatic nitrogens is 2. The molecule has 0 aliphatic rings. The Balaban J connectivity index is 2.06. The molecule has 2 aromatic heterocycles. The highest BCUT2D eigenvalue weighted by Crippen LogP contribution is 2.28. The largest absolute Gasteiger partial charge is 0.480 e. The van der Waals surface area contributed by atoms with Crippen LogP contribution in [0.25, 0.3) is 22.2 Å². The lowest BCUT2D eigenvalue weighted by atomic mass is 10.0. The zero-order chi connectivity index (χ0) is 14.8. The molecular formula is C16H15N3O2. The number of aromatic amines is 1. The molecule has 5 heteroatoms. The number of pyridine rings is 1. The van der Waals surface area contributed by atoms with Crippen molar-refractivity contribution in [3.05, 3.63) is 54.4 Å². The maximum atomic E-state index is 10.9. The van der Waals surface area contributed by atoms with Gasteiger partial charge in [0, 0.05) is 29.8 Å². The van der Waals surface area contributed by atoms with Crippen LogP contribution >= 0.6 is 0 Å². The molecule has 3 aromatic rings. The molecule has 1 atom stereocenters. The lowest BCUT2D eigenvalue weighted by Crippen LogP contribution is -2.32. The second kappa shape index (κ2) is 5.38. The molecule has 0 saturated carbocycles. The Hall–Kier alpha value is -2.66. The molecule has 0 bridgehead atoms. The van der Waals surface area contributed by atoms with Crippen molar-refractivity contribution < 1.29 is 9.90 Å². The predicted molar refractivity (Wildman–Crippen MR) is 80.8 cm³/mol. The van der Waals surface area contributed by atoms with Gasteiger partial charge in [-0.15, -0.1) is 0 Å². The smallest absolute Gasteiger partial charge is 0.320 e. The van der Waals surface area contributed by atoms with E-state index in [-0.39, 0.29) is 0 Å². The Morgan fingerprint density at radius 1 is 1.29 bits per heavy atom. The highest BCUT2D eigenvalue weighted by atomic mass is 16.4. The molecule has 1 aromatic carbocycles. The summed E-state index contributed by atoms with van der Waals surface area (Å²) in [5, 5.41) is 9.92. The van der Waals surface area contributed by atoms with Crippen molar-refractivity contribution in [2.75, 3.05) is 0 Å². The molecule has 4 N–H and O–H groups in total. The summed E-state index contributed by atoms with van der Waals surface area (Å²) in [5.41, 5.74) is 9.33. The number of nitrogens with one attached hydrogen (secondary N) is 1.